The molecule has 124 valence electrons. The van der Waals surface area contributed by atoms with Gasteiger partial charge in [-0.15, -0.1) is 0 Å². The summed E-state index contributed by atoms with van der Waals surface area (Å²) >= 11 is 0. The normalized spacial score (nSPS) is 10.1. The first-order valence-corrected chi connectivity index (χ1v) is 8.10. The van der Waals surface area contributed by atoms with Gasteiger partial charge in [0.2, 0.25) is 0 Å². The van der Waals surface area contributed by atoms with Gasteiger partial charge in [0, 0.05) is 11.1 Å². The Labute approximate surface area is 147 Å². The molecule has 0 aliphatic rings. The van der Waals surface area contributed by atoms with Crippen molar-refractivity contribution in [3.8, 4) is 0 Å². The minimum Gasteiger partial charge on any atom is -0.465 e. The summed E-state index contributed by atoms with van der Waals surface area (Å²) in [6, 6.07) is 27.6. The predicted molar refractivity (Wildman–Crippen MR) is 100 cm³/mol. The number of hydrogen-bond donors (Lipinski definition) is 0. The molecule has 0 aliphatic heterocycles. The van der Waals surface area contributed by atoms with Crippen LogP contribution >= 0.6 is 0 Å². The van der Waals surface area contributed by atoms with E-state index < -0.39 is 0 Å². The summed E-state index contributed by atoms with van der Waals surface area (Å²) in [5, 5.41) is 0. The molecule has 0 radical (unpaired) electrons. The van der Waals surface area contributed by atoms with Gasteiger partial charge < -0.3 is 4.74 Å². The maximum absolute atomic E-state index is 11.5. The molecule has 0 heterocycles. The number of aliphatic imine (C=N–C) groups is 1. The van der Waals surface area contributed by atoms with Crippen LogP contribution in [0.1, 0.15) is 27.0 Å². The minimum absolute atomic E-state index is 0.329. The third-order valence-electron chi connectivity index (χ3n) is 3.89. The number of carbonyl (C=O) groups is 1. The summed E-state index contributed by atoms with van der Waals surface area (Å²) in [6.45, 7) is 0.542. The van der Waals surface area contributed by atoms with E-state index in [9.17, 15) is 4.79 Å². The van der Waals surface area contributed by atoms with Gasteiger partial charge >= 0.3 is 5.97 Å². The van der Waals surface area contributed by atoms with Gasteiger partial charge in [0.25, 0.3) is 0 Å². The van der Waals surface area contributed by atoms with Gasteiger partial charge in [-0.1, -0.05) is 72.8 Å². The Morgan fingerprint density at radius 3 is 1.76 bits per heavy atom. The Balaban J connectivity index is 1.88. The van der Waals surface area contributed by atoms with E-state index in [-0.39, 0.29) is 5.97 Å². The Morgan fingerprint density at radius 2 is 1.28 bits per heavy atom. The van der Waals surface area contributed by atoms with Crippen molar-refractivity contribution in [3.05, 3.63) is 107 Å². The Bertz CT molecular complexity index is 812. The zero-order valence-electron chi connectivity index (χ0n) is 14.1. The molecule has 3 nitrogen and oxygen atoms in total. The largest absolute Gasteiger partial charge is 0.465 e. The van der Waals surface area contributed by atoms with E-state index >= 15 is 0 Å². The molecule has 0 atom stereocenters. The number of esters is 1. The van der Waals surface area contributed by atoms with Crippen molar-refractivity contribution in [1.82, 2.24) is 0 Å². The summed E-state index contributed by atoms with van der Waals surface area (Å²) in [4.78, 5) is 16.3. The van der Waals surface area contributed by atoms with Gasteiger partial charge in [0.1, 0.15) is 0 Å². The lowest BCUT2D eigenvalue weighted by atomic mass is 10.0. The monoisotopic (exact) mass is 329 g/mol. The molecule has 0 aromatic heterocycles. The molecule has 0 amide bonds. The highest BCUT2D eigenvalue weighted by Gasteiger charge is 2.07. The fourth-order valence-corrected chi connectivity index (χ4v) is 2.58. The van der Waals surface area contributed by atoms with Gasteiger partial charge in [-0.05, 0) is 17.7 Å². The highest BCUT2D eigenvalue weighted by Crippen LogP contribution is 2.13. The van der Waals surface area contributed by atoms with Crippen LogP contribution in [0.2, 0.25) is 0 Å². The van der Waals surface area contributed by atoms with E-state index in [4.69, 9.17) is 9.73 Å². The second-order valence-corrected chi connectivity index (χ2v) is 5.59. The van der Waals surface area contributed by atoms with Crippen LogP contribution in [-0.4, -0.2) is 18.8 Å². The second-order valence-electron chi connectivity index (χ2n) is 5.59. The number of rotatable bonds is 5. The maximum atomic E-state index is 11.5. The number of nitrogens with zero attached hydrogens (tertiary/aromatic N) is 1. The van der Waals surface area contributed by atoms with Crippen LogP contribution in [0.25, 0.3) is 0 Å². The van der Waals surface area contributed by atoms with Gasteiger partial charge in [-0.3, -0.25) is 4.99 Å². The topological polar surface area (TPSA) is 38.7 Å². The fourth-order valence-electron chi connectivity index (χ4n) is 2.58. The Hall–Kier alpha value is -3.20. The molecule has 3 aromatic carbocycles. The molecular formula is C22H19NO2. The van der Waals surface area contributed by atoms with E-state index in [1.807, 2.05) is 48.5 Å². The lowest BCUT2D eigenvalue weighted by Gasteiger charge is -2.08. The predicted octanol–water partition coefficient (Wildman–Crippen LogP) is 4.51. The molecule has 3 aromatic rings. The lowest BCUT2D eigenvalue weighted by Crippen LogP contribution is -2.04. The molecule has 0 saturated carbocycles. The van der Waals surface area contributed by atoms with E-state index in [0.29, 0.717) is 12.1 Å². The van der Waals surface area contributed by atoms with E-state index in [1.165, 1.54) is 7.11 Å². The minimum atomic E-state index is -0.329. The summed E-state index contributed by atoms with van der Waals surface area (Å²) in [5.41, 5.74) is 4.71. The van der Waals surface area contributed by atoms with Crippen LogP contribution in [0.5, 0.6) is 0 Å². The van der Waals surface area contributed by atoms with Crippen LogP contribution in [0.3, 0.4) is 0 Å². The molecule has 0 bridgehead atoms. The van der Waals surface area contributed by atoms with Crippen molar-refractivity contribution in [3.63, 3.8) is 0 Å². The molecule has 0 saturated heterocycles. The highest BCUT2D eigenvalue weighted by atomic mass is 16.5. The molecule has 0 spiro atoms. The Kier molecular flexibility index (Phi) is 5.37. The smallest absolute Gasteiger partial charge is 0.337 e. The van der Waals surface area contributed by atoms with Crippen LogP contribution < -0.4 is 0 Å². The average molecular weight is 329 g/mol. The van der Waals surface area contributed by atoms with Crippen LogP contribution in [-0.2, 0) is 11.3 Å². The summed E-state index contributed by atoms with van der Waals surface area (Å²) < 4.78 is 4.72. The SMILES string of the molecule is COC(=O)c1ccc(CN=C(c2ccccc2)c2ccccc2)cc1. The molecule has 3 heteroatoms. The van der Waals surface area contributed by atoms with Crippen molar-refractivity contribution in [1.29, 1.82) is 0 Å². The quantitative estimate of drug-likeness (QED) is 0.510. The van der Waals surface area contributed by atoms with Gasteiger partial charge in [-0.25, -0.2) is 4.79 Å². The van der Waals surface area contributed by atoms with Crippen LogP contribution in [0, 0.1) is 0 Å². The van der Waals surface area contributed by atoms with E-state index in [0.717, 1.165) is 22.4 Å². The number of carbonyl (C=O) groups excluding carboxylic acids is 1. The first kappa shape index (κ1) is 16.7. The molecule has 25 heavy (non-hydrogen) atoms. The van der Waals surface area contributed by atoms with Crippen molar-refractivity contribution >= 4 is 11.7 Å². The molecule has 0 aliphatic carbocycles. The fraction of sp³-hybridized carbons (Fsp3) is 0.0909. The zero-order valence-corrected chi connectivity index (χ0v) is 14.1. The lowest BCUT2D eigenvalue weighted by molar-refractivity contribution is 0.0600. The van der Waals surface area contributed by atoms with Crippen LogP contribution in [0.4, 0.5) is 0 Å². The van der Waals surface area contributed by atoms with Crippen LogP contribution in [0.15, 0.2) is 89.9 Å². The van der Waals surface area contributed by atoms with Crippen molar-refractivity contribution in [2.24, 2.45) is 4.99 Å². The van der Waals surface area contributed by atoms with Crippen molar-refractivity contribution < 1.29 is 9.53 Å². The number of ether oxygens (including phenoxy) is 1. The number of hydrogen-bond acceptors (Lipinski definition) is 3. The summed E-state index contributed by atoms with van der Waals surface area (Å²) in [6.07, 6.45) is 0. The first-order chi connectivity index (χ1) is 12.3. The molecule has 0 N–H and O–H groups in total. The Morgan fingerprint density at radius 1 is 0.760 bits per heavy atom. The van der Waals surface area contributed by atoms with Crippen molar-refractivity contribution in [2.75, 3.05) is 7.11 Å². The van der Waals surface area contributed by atoms with Crippen molar-refractivity contribution in [2.45, 2.75) is 6.54 Å². The van der Waals surface area contributed by atoms with E-state index in [2.05, 4.69) is 24.3 Å². The highest BCUT2D eigenvalue weighted by molar-refractivity contribution is 6.12. The second kappa shape index (κ2) is 8.06. The molecule has 3 rings (SSSR count). The number of benzene rings is 3. The van der Waals surface area contributed by atoms with Gasteiger partial charge in [0.05, 0.1) is 24.9 Å². The molecule has 0 unspecified atom stereocenters. The van der Waals surface area contributed by atoms with Gasteiger partial charge in [-0.2, -0.15) is 0 Å². The number of methoxy groups -OCH3 is 1. The summed E-state index contributed by atoms with van der Waals surface area (Å²) in [7, 11) is 1.38. The third kappa shape index (κ3) is 4.21. The first-order valence-electron chi connectivity index (χ1n) is 8.10. The molecule has 0 fully saturated rings. The van der Waals surface area contributed by atoms with Gasteiger partial charge in [0.15, 0.2) is 0 Å². The van der Waals surface area contributed by atoms with E-state index in [1.54, 1.807) is 12.1 Å². The summed E-state index contributed by atoms with van der Waals surface area (Å²) in [5.74, 6) is -0.329. The molecular weight excluding hydrogens is 310 g/mol. The average Bonchev–Trinajstić information content (AvgIpc) is 2.70. The standard InChI is InChI=1S/C22H19NO2/c1-25-22(24)20-14-12-17(13-15-20)16-23-21(18-8-4-2-5-9-18)19-10-6-3-7-11-19/h2-15H,16H2,1H3. The zero-order chi connectivity index (χ0) is 17.5. The third-order valence-corrected chi connectivity index (χ3v) is 3.89. The maximum Gasteiger partial charge on any atom is 0.337 e.